The van der Waals surface area contributed by atoms with Gasteiger partial charge in [-0.25, -0.2) is 0 Å². The van der Waals surface area contributed by atoms with E-state index in [-0.39, 0.29) is 5.41 Å². The zero-order valence-electron chi connectivity index (χ0n) is 8.31. The first-order valence-electron chi connectivity index (χ1n) is 4.97. The SMILES string of the molecule is CC12CC(CCC1=O)C(C)(C)C2. The van der Waals surface area contributed by atoms with Crippen molar-refractivity contribution >= 4 is 5.78 Å². The molecule has 1 nitrogen and oxygen atoms in total. The number of ketones is 1. The van der Waals surface area contributed by atoms with Crippen molar-refractivity contribution in [3.8, 4) is 0 Å². The molecule has 0 heterocycles. The fourth-order valence-electron chi connectivity index (χ4n) is 3.35. The largest absolute Gasteiger partial charge is 0.299 e. The van der Waals surface area contributed by atoms with Crippen LogP contribution in [0.25, 0.3) is 0 Å². The van der Waals surface area contributed by atoms with E-state index in [0.29, 0.717) is 11.2 Å². The van der Waals surface area contributed by atoms with Crippen molar-refractivity contribution in [2.45, 2.75) is 46.5 Å². The maximum absolute atomic E-state index is 11.7. The third-order valence-corrected chi connectivity index (χ3v) is 4.04. The summed E-state index contributed by atoms with van der Waals surface area (Å²) in [7, 11) is 0. The van der Waals surface area contributed by atoms with Gasteiger partial charge in [0.15, 0.2) is 0 Å². The molecule has 2 atom stereocenters. The first-order valence-corrected chi connectivity index (χ1v) is 4.97. The van der Waals surface area contributed by atoms with E-state index in [4.69, 9.17) is 0 Å². The van der Waals surface area contributed by atoms with Gasteiger partial charge in [-0.05, 0) is 30.6 Å². The summed E-state index contributed by atoms with van der Waals surface area (Å²) in [6, 6.07) is 0. The molecule has 0 aromatic heterocycles. The molecule has 68 valence electrons. The van der Waals surface area contributed by atoms with Crippen molar-refractivity contribution in [3.63, 3.8) is 0 Å². The molecule has 2 aliphatic carbocycles. The smallest absolute Gasteiger partial charge is 0.138 e. The Bertz CT molecular complexity index is 229. The minimum atomic E-state index is 0.0480. The van der Waals surface area contributed by atoms with E-state index in [1.165, 1.54) is 0 Å². The van der Waals surface area contributed by atoms with Gasteiger partial charge in [0.05, 0.1) is 0 Å². The molecule has 0 N–H and O–H groups in total. The highest BCUT2D eigenvalue weighted by molar-refractivity contribution is 5.85. The molecule has 2 fully saturated rings. The second kappa shape index (κ2) is 2.12. The summed E-state index contributed by atoms with van der Waals surface area (Å²) in [5.74, 6) is 1.32. The van der Waals surface area contributed by atoms with Crippen molar-refractivity contribution in [1.29, 1.82) is 0 Å². The number of fused-ring (bicyclic) bond motifs is 2. The van der Waals surface area contributed by atoms with Gasteiger partial charge in [0.1, 0.15) is 5.78 Å². The fourth-order valence-corrected chi connectivity index (χ4v) is 3.35. The van der Waals surface area contributed by atoms with Gasteiger partial charge in [-0.3, -0.25) is 4.79 Å². The van der Waals surface area contributed by atoms with E-state index in [0.717, 1.165) is 31.6 Å². The minimum Gasteiger partial charge on any atom is -0.299 e. The molecule has 0 aromatic rings. The quantitative estimate of drug-likeness (QED) is 0.541. The molecule has 0 spiro atoms. The van der Waals surface area contributed by atoms with E-state index in [2.05, 4.69) is 20.8 Å². The number of Topliss-reactive ketones (excluding diaryl/α,β-unsaturated/α-hetero) is 1. The van der Waals surface area contributed by atoms with Crippen LogP contribution < -0.4 is 0 Å². The van der Waals surface area contributed by atoms with Gasteiger partial charge in [0.25, 0.3) is 0 Å². The Morgan fingerprint density at radius 1 is 1.33 bits per heavy atom. The molecular weight excluding hydrogens is 148 g/mol. The Labute approximate surface area is 74.5 Å². The monoisotopic (exact) mass is 166 g/mol. The zero-order chi connectivity index (χ0) is 8.98. The van der Waals surface area contributed by atoms with E-state index >= 15 is 0 Å². The van der Waals surface area contributed by atoms with Gasteiger partial charge < -0.3 is 0 Å². The van der Waals surface area contributed by atoms with Crippen LogP contribution in [-0.2, 0) is 4.79 Å². The lowest BCUT2D eigenvalue weighted by Gasteiger charge is -2.27. The average molecular weight is 166 g/mol. The highest BCUT2D eigenvalue weighted by Gasteiger charge is 2.53. The van der Waals surface area contributed by atoms with Crippen LogP contribution in [0.1, 0.15) is 46.5 Å². The molecule has 0 aromatic carbocycles. The molecular formula is C11H18O. The summed E-state index contributed by atoms with van der Waals surface area (Å²) in [6.07, 6.45) is 4.24. The molecule has 2 bridgehead atoms. The summed E-state index contributed by atoms with van der Waals surface area (Å²) in [4.78, 5) is 11.7. The lowest BCUT2D eigenvalue weighted by molar-refractivity contribution is -0.129. The molecule has 12 heavy (non-hydrogen) atoms. The predicted octanol–water partition coefficient (Wildman–Crippen LogP) is 2.79. The second-order valence-electron chi connectivity index (χ2n) is 5.59. The van der Waals surface area contributed by atoms with Crippen molar-refractivity contribution in [2.75, 3.05) is 0 Å². The zero-order valence-corrected chi connectivity index (χ0v) is 8.31. The maximum Gasteiger partial charge on any atom is 0.138 e. The Hall–Kier alpha value is -0.330. The first kappa shape index (κ1) is 8.28. The number of hydrogen-bond donors (Lipinski definition) is 0. The van der Waals surface area contributed by atoms with Crippen LogP contribution in [0.4, 0.5) is 0 Å². The molecule has 0 radical (unpaired) electrons. The topological polar surface area (TPSA) is 17.1 Å². The highest BCUT2D eigenvalue weighted by Crippen LogP contribution is 2.58. The Morgan fingerprint density at radius 2 is 2.00 bits per heavy atom. The third kappa shape index (κ3) is 0.949. The van der Waals surface area contributed by atoms with Gasteiger partial charge in [0.2, 0.25) is 0 Å². The lowest BCUT2D eigenvalue weighted by Crippen LogP contribution is -2.28. The molecule has 2 saturated carbocycles. The van der Waals surface area contributed by atoms with E-state index in [1.807, 2.05) is 0 Å². The summed E-state index contributed by atoms with van der Waals surface area (Å²) in [5.41, 5.74) is 0.466. The van der Waals surface area contributed by atoms with Gasteiger partial charge in [-0.15, -0.1) is 0 Å². The third-order valence-electron chi connectivity index (χ3n) is 4.04. The summed E-state index contributed by atoms with van der Waals surface area (Å²) in [6.45, 7) is 6.80. The lowest BCUT2D eigenvalue weighted by atomic mass is 9.76. The summed E-state index contributed by atoms with van der Waals surface area (Å²) < 4.78 is 0. The summed E-state index contributed by atoms with van der Waals surface area (Å²) in [5, 5.41) is 0. The molecule has 0 amide bonds. The average Bonchev–Trinajstić information content (AvgIpc) is 2.12. The van der Waals surface area contributed by atoms with Crippen LogP contribution in [0.2, 0.25) is 0 Å². The van der Waals surface area contributed by atoms with Crippen molar-refractivity contribution in [2.24, 2.45) is 16.7 Å². The molecule has 2 unspecified atom stereocenters. The Kier molecular flexibility index (Phi) is 1.47. The van der Waals surface area contributed by atoms with Crippen LogP contribution in [0.5, 0.6) is 0 Å². The predicted molar refractivity (Wildman–Crippen MR) is 48.9 cm³/mol. The molecule has 0 saturated heterocycles. The van der Waals surface area contributed by atoms with Gasteiger partial charge >= 0.3 is 0 Å². The number of rotatable bonds is 0. The van der Waals surface area contributed by atoms with Crippen molar-refractivity contribution < 1.29 is 4.79 Å². The van der Waals surface area contributed by atoms with Gasteiger partial charge in [-0.1, -0.05) is 20.8 Å². The number of hydrogen-bond acceptors (Lipinski definition) is 1. The number of carbonyl (C=O) groups is 1. The molecule has 2 rings (SSSR count). The van der Waals surface area contributed by atoms with Crippen LogP contribution in [0.15, 0.2) is 0 Å². The molecule has 1 heteroatoms. The highest BCUT2D eigenvalue weighted by atomic mass is 16.1. The maximum atomic E-state index is 11.7. The first-order chi connectivity index (χ1) is 5.44. The molecule has 2 aliphatic rings. The van der Waals surface area contributed by atoms with Gasteiger partial charge in [0, 0.05) is 11.8 Å². The standard InChI is InChI=1S/C11H18O/c1-10(2)7-11(3)6-8(10)4-5-9(11)12/h8H,4-7H2,1-3H3. The normalized spacial score (nSPS) is 44.9. The molecule has 0 aliphatic heterocycles. The fraction of sp³-hybridized carbons (Fsp3) is 0.909. The Morgan fingerprint density at radius 3 is 2.58 bits per heavy atom. The number of carbonyl (C=O) groups excluding carboxylic acids is 1. The van der Waals surface area contributed by atoms with Crippen LogP contribution >= 0.6 is 0 Å². The summed E-state index contributed by atoms with van der Waals surface area (Å²) >= 11 is 0. The van der Waals surface area contributed by atoms with Crippen LogP contribution in [0.3, 0.4) is 0 Å². The van der Waals surface area contributed by atoms with Crippen molar-refractivity contribution in [3.05, 3.63) is 0 Å². The van der Waals surface area contributed by atoms with Crippen LogP contribution in [0, 0.1) is 16.7 Å². The Balaban J connectivity index is 2.33. The van der Waals surface area contributed by atoms with E-state index < -0.39 is 0 Å². The minimum absolute atomic E-state index is 0.0480. The van der Waals surface area contributed by atoms with E-state index in [9.17, 15) is 4.79 Å². The second-order valence-corrected chi connectivity index (χ2v) is 5.59. The van der Waals surface area contributed by atoms with Gasteiger partial charge in [-0.2, -0.15) is 0 Å². The van der Waals surface area contributed by atoms with Crippen molar-refractivity contribution in [1.82, 2.24) is 0 Å². The van der Waals surface area contributed by atoms with E-state index in [1.54, 1.807) is 0 Å². The van der Waals surface area contributed by atoms with Crippen LogP contribution in [-0.4, -0.2) is 5.78 Å².